The first-order valence-corrected chi connectivity index (χ1v) is 7.67. The van der Waals surface area contributed by atoms with Gasteiger partial charge in [-0.15, -0.1) is 0 Å². The van der Waals surface area contributed by atoms with Crippen molar-refractivity contribution in [1.29, 1.82) is 0 Å². The molecule has 1 saturated carbocycles. The second kappa shape index (κ2) is 7.29. The minimum absolute atomic E-state index is 0.210. The molecule has 5 nitrogen and oxygen atoms in total. The third-order valence-corrected chi connectivity index (χ3v) is 3.93. The molecule has 0 aromatic heterocycles. The Labute approximate surface area is 131 Å². The number of rotatable bonds is 5. The zero-order valence-electron chi connectivity index (χ0n) is 13.3. The highest BCUT2D eigenvalue weighted by Crippen LogP contribution is 2.21. The van der Waals surface area contributed by atoms with E-state index in [4.69, 9.17) is 9.47 Å². The molecule has 1 aromatic rings. The van der Waals surface area contributed by atoms with E-state index in [0.29, 0.717) is 11.3 Å². The van der Waals surface area contributed by atoms with Crippen LogP contribution in [-0.4, -0.2) is 31.1 Å². The summed E-state index contributed by atoms with van der Waals surface area (Å²) < 4.78 is 10.4. The lowest BCUT2D eigenvalue weighted by molar-refractivity contribution is -0.129. The molecule has 0 heterocycles. The predicted octanol–water partition coefficient (Wildman–Crippen LogP) is 2.61. The minimum atomic E-state index is -0.821. The van der Waals surface area contributed by atoms with Crippen LogP contribution in [0.15, 0.2) is 18.2 Å². The quantitative estimate of drug-likeness (QED) is 0.849. The predicted molar refractivity (Wildman–Crippen MR) is 83.0 cm³/mol. The number of esters is 1. The van der Waals surface area contributed by atoms with Gasteiger partial charge in [-0.3, -0.25) is 4.79 Å². The first kappa shape index (κ1) is 16.3. The topological polar surface area (TPSA) is 64.6 Å². The number of ether oxygens (including phenoxy) is 2. The van der Waals surface area contributed by atoms with E-state index >= 15 is 0 Å². The number of methoxy groups -OCH3 is 1. The van der Waals surface area contributed by atoms with E-state index in [1.54, 1.807) is 19.1 Å². The van der Waals surface area contributed by atoms with Crippen LogP contribution in [0, 0.1) is 6.92 Å². The van der Waals surface area contributed by atoms with Crippen molar-refractivity contribution in [3.05, 3.63) is 29.3 Å². The van der Waals surface area contributed by atoms with Crippen LogP contribution in [0.2, 0.25) is 0 Å². The molecule has 2 rings (SSSR count). The summed E-state index contributed by atoms with van der Waals surface area (Å²) in [7, 11) is 1.50. The summed E-state index contributed by atoms with van der Waals surface area (Å²) in [4.78, 5) is 24.3. The van der Waals surface area contributed by atoms with Crippen molar-refractivity contribution in [3.63, 3.8) is 0 Å². The van der Waals surface area contributed by atoms with Gasteiger partial charge in [0.1, 0.15) is 11.3 Å². The standard InChI is InChI=1S/C17H23NO4/c1-11-8-9-15(21-3)14(10-11)17(20)22-12(2)16(19)18-13-6-4-5-7-13/h8-10,12-13H,4-7H2,1-3H3,(H,18,19)/t12-/m1/s1. The van der Waals surface area contributed by atoms with Gasteiger partial charge in [0.05, 0.1) is 7.11 Å². The van der Waals surface area contributed by atoms with Gasteiger partial charge in [-0.2, -0.15) is 0 Å². The number of benzene rings is 1. The number of nitrogens with one attached hydrogen (secondary N) is 1. The van der Waals surface area contributed by atoms with Gasteiger partial charge in [-0.25, -0.2) is 4.79 Å². The van der Waals surface area contributed by atoms with E-state index < -0.39 is 12.1 Å². The van der Waals surface area contributed by atoms with E-state index in [1.807, 2.05) is 13.0 Å². The van der Waals surface area contributed by atoms with Gasteiger partial charge in [0, 0.05) is 6.04 Å². The van der Waals surface area contributed by atoms with Crippen molar-refractivity contribution in [3.8, 4) is 5.75 Å². The summed E-state index contributed by atoms with van der Waals surface area (Å²) >= 11 is 0. The number of aryl methyl sites for hydroxylation is 1. The Morgan fingerprint density at radius 1 is 1.27 bits per heavy atom. The summed E-state index contributed by atoms with van der Waals surface area (Å²) in [5, 5.41) is 2.93. The van der Waals surface area contributed by atoms with Gasteiger partial charge < -0.3 is 14.8 Å². The molecule has 1 aliphatic carbocycles. The lowest BCUT2D eigenvalue weighted by atomic mass is 10.1. The highest BCUT2D eigenvalue weighted by atomic mass is 16.5. The molecule has 120 valence electrons. The van der Waals surface area contributed by atoms with Crippen LogP contribution in [0.1, 0.15) is 48.5 Å². The van der Waals surface area contributed by atoms with Crippen molar-refractivity contribution in [1.82, 2.24) is 5.32 Å². The Hall–Kier alpha value is -2.04. The average molecular weight is 305 g/mol. The molecule has 1 atom stereocenters. The Morgan fingerprint density at radius 3 is 2.59 bits per heavy atom. The summed E-state index contributed by atoms with van der Waals surface area (Å²) in [6.45, 7) is 3.47. The number of hydrogen-bond acceptors (Lipinski definition) is 4. The molecule has 0 saturated heterocycles. The fourth-order valence-electron chi connectivity index (χ4n) is 2.65. The van der Waals surface area contributed by atoms with E-state index in [2.05, 4.69) is 5.32 Å². The molecule has 1 aliphatic rings. The number of amides is 1. The van der Waals surface area contributed by atoms with Crippen molar-refractivity contribution >= 4 is 11.9 Å². The molecule has 1 N–H and O–H groups in total. The number of carbonyl (C=O) groups excluding carboxylic acids is 2. The Bertz CT molecular complexity index is 550. The first-order valence-electron chi connectivity index (χ1n) is 7.67. The van der Waals surface area contributed by atoms with Gasteiger partial charge in [-0.05, 0) is 38.8 Å². The first-order chi connectivity index (χ1) is 10.5. The summed E-state index contributed by atoms with van der Waals surface area (Å²) in [5.74, 6) is -0.347. The largest absolute Gasteiger partial charge is 0.496 e. The van der Waals surface area contributed by atoms with Crippen molar-refractivity contribution < 1.29 is 19.1 Å². The highest BCUT2D eigenvalue weighted by Gasteiger charge is 2.24. The third kappa shape index (κ3) is 4.00. The Morgan fingerprint density at radius 2 is 1.95 bits per heavy atom. The van der Waals surface area contributed by atoms with Gasteiger partial charge in [0.15, 0.2) is 6.10 Å². The molecular formula is C17H23NO4. The fourth-order valence-corrected chi connectivity index (χ4v) is 2.65. The molecule has 0 bridgehead atoms. The fraction of sp³-hybridized carbons (Fsp3) is 0.529. The van der Waals surface area contributed by atoms with Crippen LogP contribution in [-0.2, 0) is 9.53 Å². The zero-order valence-corrected chi connectivity index (χ0v) is 13.3. The molecule has 5 heteroatoms. The average Bonchev–Trinajstić information content (AvgIpc) is 2.99. The molecule has 0 radical (unpaired) electrons. The molecule has 0 unspecified atom stereocenters. The summed E-state index contributed by atoms with van der Waals surface area (Å²) in [6, 6.07) is 5.48. The van der Waals surface area contributed by atoms with Crippen LogP contribution in [0.3, 0.4) is 0 Å². The van der Waals surface area contributed by atoms with Crippen molar-refractivity contribution in [2.75, 3.05) is 7.11 Å². The van der Waals surface area contributed by atoms with E-state index in [-0.39, 0.29) is 11.9 Å². The SMILES string of the molecule is COc1ccc(C)cc1C(=O)O[C@H](C)C(=O)NC1CCCC1. The van der Waals surface area contributed by atoms with Crippen molar-refractivity contribution in [2.45, 2.75) is 51.7 Å². The molecule has 1 aromatic carbocycles. The van der Waals surface area contributed by atoms with Crippen molar-refractivity contribution in [2.24, 2.45) is 0 Å². The van der Waals surface area contributed by atoms with Gasteiger partial charge in [0.25, 0.3) is 5.91 Å². The van der Waals surface area contributed by atoms with Crippen LogP contribution in [0.4, 0.5) is 0 Å². The Kier molecular flexibility index (Phi) is 5.41. The molecule has 0 spiro atoms. The number of hydrogen-bond donors (Lipinski definition) is 1. The third-order valence-electron chi connectivity index (χ3n) is 3.93. The highest BCUT2D eigenvalue weighted by molar-refractivity contribution is 5.94. The van der Waals surface area contributed by atoms with E-state index in [9.17, 15) is 9.59 Å². The zero-order chi connectivity index (χ0) is 16.1. The van der Waals surface area contributed by atoms with Gasteiger partial charge in [-0.1, -0.05) is 24.5 Å². The normalized spacial score (nSPS) is 16.1. The molecule has 1 amide bonds. The summed E-state index contributed by atoms with van der Waals surface area (Å²) in [5.41, 5.74) is 1.26. The number of carbonyl (C=O) groups is 2. The lowest BCUT2D eigenvalue weighted by Crippen LogP contribution is -2.40. The van der Waals surface area contributed by atoms with Crippen LogP contribution < -0.4 is 10.1 Å². The van der Waals surface area contributed by atoms with Crippen LogP contribution in [0.5, 0.6) is 5.75 Å². The van der Waals surface area contributed by atoms with Crippen LogP contribution >= 0.6 is 0 Å². The smallest absolute Gasteiger partial charge is 0.342 e. The maximum absolute atomic E-state index is 12.2. The lowest BCUT2D eigenvalue weighted by Gasteiger charge is -2.17. The Balaban J connectivity index is 1.98. The minimum Gasteiger partial charge on any atom is -0.496 e. The van der Waals surface area contributed by atoms with Gasteiger partial charge >= 0.3 is 5.97 Å². The van der Waals surface area contributed by atoms with E-state index in [1.165, 1.54) is 7.11 Å². The molecule has 22 heavy (non-hydrogen) atoms. The monoisotopic (exact) mass is 305 g/mol. The second-order valence-electron chi connectivity index (χ2n) is 5.74. The van der Waals surface area contributed by atoms with E-state index in [0.717, 1.165) is 31.2 Å². The van der Waals surface area contributed by atoms with Gasteiger partial charge in [0.2, 0.25) is 0 Å². The maximum atomic E-state index is 12.2. The molecule has 0 aliphatic heterocycles. The second-order valence-corrected chi connectivity index (χ2v) is 5.74. The molecular weight excluding hydrogens is 282 g/mol. The van der Waals surface area contributed by atoms with Crippen LogP contribution in [0.25, 0.3) is 0 Å². The molecule has 1 fully saturated rings. The maximum Gasteiger partial charge on any atom is 0.342 e. The summed E-state index contributed by atoms with van der Waals surface area (Å²) in [6.07, 6.45) is 3.45.